The van der Waals surface area contributed by atoms with Crippen molar-refractivity contribution in [1.82, 2.24) is 14.9 Å². The standard InChI is InChI=1S/C26H29BrN4/c27-19-6-9-25-22(16-19)23(17-29-25)18-4-7-20(8-5-18)30-12-14-31(15-13-30)26-3-1-2-24-21(26)10-11-28-24/h1-3,6,9-11,16-18,20,28-29H,4-5,7-8,12-15H2/t18-,20+. The summed E-state index contributed by atoms with van der Waals surface area (Å²) < 4.78 is 1.17. The van der Waals surface area contributed by atoms with Gasteiger partial charge in [-0.1, -0.05) is 22.0 Å². The number of rotatable bonds is 3. The fraction of sp³-hybridized carbons (Fsp3) is 0.385. The highest BCUT2D eigenvalue weighted by molar-refractivity contribution is 9.10. The van der Waals surface area contributed by atoms with Crippen LogP contribution < -0.4 is 4.90 Å². The second kappa shape index (κ2) is 8.03. The van der Waals surface area contributed by atoms with Gasteiger partial charge in [0, 0.05) is 76.6 Å². The van der Waals surface area contributed by atoms with Crippen molar-refractivity contribution in [2.75, 3.05) is 31.1 Å². The number of nitrogens with zero attached hydrogens (tertiary/aromatic N) is 2. The van der Waals surface area contributed by atoms with Gasteiger partial charge in [-0.3, -0.25) is 4.90 Å². The van der Waals surface area contributed by atoms with Crippen molar-refractivity contribution in [1.29, 1.82) is 0 Å². The minimum atomic E-state index is 0.687. The Morgan fingerprint density at radius 1 is 0.806 bits per heavy atom. The number of aromatic amines is 2. The summed E-state index contributed by atoms with van der Waals surface area (Å²) in [5.41, 5.74) is 5.39. The number of benzene rings is 2. The molecule has 0 atom stereocenters. The molecule has 5 heteroatoms. The number of halogens is 1. The van der Waals surface area contributed by atoms with Crippen LogP contribution >= 0.6 is 15.9 Å². The highest BCUT2D eigenvalue weighted by atomic mass is 79.9. The van der Waals surface area contributed by atoms with Crippen molar-refractivity contribution < 1.29 is 0 Å². The molecular formula is C26H29BrN4. The van der Waals surface area contributed by atoms with Crippen LogP contribution in [0.2, 0.25) is 0 Å². The molecule has 1 saturated heterocycles. The van der Waals surface area contributed by atoms with E-state index in [2.05, 4.69) is 90.6 Å². The molecule has 0 amide bonds. The van der Waals surface area contributed by atoms with Gasteiger partial charge in [0.1, 0.15) is 0 Å². The largest absolute Gasteiger partial charge is 0.368 e. The third-order valence-electron chi connectivity index (χ3n) is 7.56. The van der Waals surface area contributed by atoms with Crippen LogP contribution in [0, 0.1) is 0 Å². The first-order chi connectivity index (χ1) is 15.3. The molecule has 160 valence electrons. The molecule has 2 fully saturated rings. The van der Waals surface area contributed by atoms with Crippen LogP contribution in [0.3, 0.4) is 0 Å². The van der Waals surface area contributed by atoms with E-state index in [0.29, 0.717) is 5.92 Å². The average Bonchev–Trinajstić information content (AvgIpc) is 3.46. The zero-order valence-electron chi connectivity index (χ0n) is 17.8. The predicted molar refractivity (Wildman–Crippen MR) is 133 cm³/mol. The number of nitrogens with one attached hydrogen (secondary N) is 2. The molecule has 6 rings (SSSR count). The number of H-pyrrole nitrogens is 2. The lowest BCUT2D eigenvalue weighted by molar-refractivity contribution is 0.141. The Kier molecular flexibility index (Phi) is 5.04. The number of fused-ring (bicyclic) bond motifs is 2. The highest BCUT2D eigenvalue weighted by Gasteiger charge is 2.30. The van der Waals surface area contributed by atoms with E-state index in [1.807, 2.05) is 0 Å². The van der Waals surface area contributed by atoms with Gasteiger partial charge in [-0.25, -0.2) is 0 Å². The van der Waals surface area contributed by atoms with Crippen LogP contribution in [0.25, 0.3) is 21.8 Å². The van der Waals surface area contributed by atoms with Gasteiger partial charge in [0.25, 0.3) is 0 Å². The first-order valence-electron chi connectivity index (χ1n) is 11.6. The summed E-state index contributed by atoms with van der Waals surface area (Å²) in [6.07, 6.45) is 9.54. The Balaban J connectivity index is 1.09. The Bertz CT molecular complexity index is 1190. The molecular weight excluding hydrogens is 448 g/mol. The summed E-state index contributed by atoms with van der Waals surface area (Å²) in [6.45, 7) is 4.60. The van der Waals surface area contributed by atoms with Gasteiger partial charge in [0.15, 0.2) is 0 Å². The molecule has 1 aliphatic carbocycles. The second-order valence-electron chi connectivity index (χ2n) is 9.18. The Labute approximate surface area is 191 Å². The number of anilines is 1. The van der Waals surface area contributed by atoms with Crippen molar-refractivity contribution in [2.24, 2.45) is 0 Å². The van der Waals surface area contributed by atoms with E-state index in [9.17, 15) is 0 Å². The molecule has 0 radical (unpaired) electrons. The second-order valence-corrected chi connectivity index (χ2v) is 10.1. The fourth-order valence-corrected chi connectivity index (χ4v) is 6.24. The maximum atomic E-state index is 3.64. The zero-order valence-corrected chi connectivity index (χ0v) is 19.4. The highest BCUT2D eigenvalue weighted by Crippen LogP contribution is 2.39. The van der Waals surface area contributed by atoms with Gasteiger partial charge in [0.05, 0.1) is 0 Å². The van der Waals surface area contributed by atoms with E-state index in [-0.39, 0.29) is 0 Å². The Morgan fingerprint density at radius 2 is 1.61 bits per heavy atom. The molecule has 0 unspecified atom stereocenters. The Hall–Kier alpha value is -2.24. The normalized spacial score (nSPS) is 23.1. The fourth-order valence-electron chi connectivity index (χ4n) is 5.88. The summed E-state index contributed by atoms with van der Waals surface area (Å²) in [6, 6.07) is 16.1. The number of piperazine rings is 1. The van der Waals surface area contributed by atoms with Gasteiger partial charge < -0.3 is 14.9 Å². The third-order valence-corrected chi connectivity index (χ3v) is 8.05. The average molecular weight is 477 g/mol. The van der Waals surface area contributed by atoms with Crippen molar-refractivity contribution in [3.8, 4) is 0 Å². The maximum absolute atomic E-state index is 3.64. The summed E-state index contributed by atoms with van der Waals surface area (Å²) >= 11 is 3.64. The molecule has 1 saturated carbocycles. The van der Waals surface area contributed by atoms with Gasteiger partial charge >= 0.3 is 0 Å². The minimum absolute atomic E-state index is 0.687. The molecule has 2 N–H and O–H groups in total. The van der Waals surface area contributed by atoms with E-state index < -0.39 is 0 Å². The lowest BCUT2D eigenvalue weighted by Gasteiger charge is -2.42. The van der Waals surface area contributed by atoms with Crippen molar-refractivity contribution in [2.45, 2.75) is 37.6 Å². The zero-order chi connectivity index (χ0) is 20.8. The topological polar surface area (TPSA) is 38.1 Å². The first-order valence-corrected chi connectivity index (χ1v) is 12.4. The summed E-state index contributed by atoms with van der Waals surface area (Å²) in [5.74, 6) is 0.687. The molecule has 2 aromatic carbocycles. The van der Waals surface area contributed by atoms with E-state index >= 15 is 0 Å². The first kappa shape index (κ1) is 19.4. The summed E-state index contributed by atoms with van der Waals surface area (Å²) in [7, 11) is 0. The predicted octanol–water partition coefficient (Wildman–Crippen LogP) is 6.26. The molecule has 3 heterocycles. The molecule has 2 aromatic heterocycles. The minimum Gasteiger partial charge on any atom is -0.368 e. The summed E-state index contributed by atoms with van der Waals surface area (Å²) in [5, 5.41) is 2.74. The van der Waals surface area contributed by atoms with Crippen LogP contribution in [-0.2, 0) is 0 Å². The maximum Gasteiger partial charge on any atom is 0.0474 e. The molecule has 1 aliphatic heterocycles. The quantitative estimate of drug-likeness (QED) is 0.366. The van der Waals surface area contributed by atoms with Gasteiger partial charge in [-0.05, 0) is 73.6 Å². The third kappa shape index (κ3) is 3.58. The van der Waals surface area contributed by atoms with E-state index in [0.717, 1.165) is 19.1 Å². The molecule has 4 aromatic rings. The van der Waals surface area contributed by atoms with Crippen molar-refractivity contribution in [3.63, 3.8) is 0 Å². The Morgan fingerprint density at radius 3 is 2.45 bits per heavy atom. The lowest BCUT2D eigenvalue weighted by Crippen LogP contribution is -2.51. The lowest BCUT2D eigenvalue weighted by atomic mass is 9.81. The van der Waals surface area contributed by atoms with Gasteiger partial charge in [0.2, 0.25) is 0 Å². The van der Waals surface area contributed by atoms with Crippen molar-refractivity contribution in [3.05, 3.63) is 64.9 Å². The van der Waals surface area contributed by atoms with Crippen LogP contribution in [0.1, 0.15) is 37.2 Å². The van der Waals surface area contributed by atoms with E-state index in [4.69, 9.17) is 0 Å². The molecule has 0 bridgehead atoms. The van der Waals surface area contributed by atoms with Gasteiger partial charge in [-0.15, -0.1) is 0 Å². The van der Waals surface area contributed by atoms with Crippen LogP contribution in [0.15, 0.2) is 59.3 Å². The number of hydrogen-bond acceptors (Lipinski definition) is 2. The van der Waals surface area contributed by atoms with Crippen LogP contribution in [-0.4, -0.2) is 47.1 Å². The molecule has 2 aliphatic rings. The molecule has 31 heavy (non-hydrogen) atoms. The SMILES string of the molecule is Brc1ccc2[nH]cc([C@H]3CC[C@@H](N4CCN(c5cccc6[nH]ccc56)CC4)CC3)c2c1. The number of hydrogen-bond donors (Lipinski definition) is 2. The van der Waals surface area contributed by atoms with Crippen LogP contribution in [0.4, 0.5) is 5.69 Å². The smallest absolute Gasteiger partial charge is 0.0474 e. The van der Waals surface area contributed by atoms with E-state index in [1.54, 1.807) is 0 Å². The molecule has 4 nitrogen and oxygen atoms in total. The van der Waals surface area contributed by atoms with E-state index in [1.165, 1.54) is 76.3 Å². The number of aromatic nitrogens is 2. The summed E-state index contributed by atoms with van der Waals surface area (Å²) in [4.78, 5) is 12.2. The molecule has 0 spiro atoms. The monoisotopic (exact) mass is 476 g/mol. The van der Waals surface area contributed by atoms with Gasteiger partial charge in [-0.2, -0.15) is 0 Å². The van der Waals surface area contributed by atoms with Crippen LogP contribution in [0.5, 0.6) is 0 Å². The van der Waals surface area contributed by atoms with Crippen molar-refractivity contribution >= 4 is 43.4 Å².